The molecule has 2 rings (SSSR count). The number of fused-ring (bicyclic) bond motifs is 1. The van der Waals surface area contributed by atoms with Gasteiger partial charge in [-0.2, -0.15) is 0 Å². The van der Waals surface area contributed by atoms with E-state index in [1.807, 2.05) is 19.9 Å². The molecular formula is C16H22O2. The summed E-state index contributed by atoms with van der Waals surface area (Å²) in [5.41, 5.74) is 4.40. The molecule has 0 atom stereocenters. The summed E-state index contributed by atoms with van der Waals surface area (Å²) in [6.45, 7) is 6.96. The molecule has 18 heavy (non-hydrogen) atoms. The van der Waals surface area contributed by atoms with Gasteiger partial charge in [-0.25, -0.2) is 0 Å². The highest BCUT2D eigenvalue weighted by Gasteiger charge is 2.19. The van der Waals surface area contributed by atoms with E-state index in [1.165, 1.54) is 5.56 Å². The lowest BCUT2D eigenvalue weighted by Crippen LogP contribution is -2.07. The predicted octanol–water partition coefficient (Wildman–Crippen LogP) is 4.00. The van der Waals surface area contributed by atoms with Crippen molar-refractivity contribution >= 4 is 5.78 Å². The van der Waals surface area contributed by atoms with Gasteiger partial charge in [0.1, 0.15) is 5.75 Å². The fourth-order valence-electron chi connectivity index (χ4n) is 2.69. The second-order valence-corrected chi connectivity index (χ2v) is 5.15. The van der Waals surface area contributed by atoms with Crippen LogP contribution in [0.15, 0.2) is 6.07 Å². The molecule has 1 aliphatic rings. The van der Waals surface area contributed by atoms with E-state index in [0.29, 0.717) is 6.42 Å². The van der Waals surface area contributed by atoms with Gasteiger partial charge in [-0.15, -0.1) is 0 Å². The maximum Gasteiger partial charge on any atom is 0.163 e. The molecule has 0 aliphatic carbocycles. The molecule has 98 valence electrons. The van der Waals surface area contributed by atoms with Crippen LogP contribution in [0.5, 0.6) is 5.75 Å². The van der Waals surface area contributed by atoms with Crippen LogP contribution in [0, 0.1) is 13.8 Å². The minimum atomic E-state index is 0.269. The van der Waals surface area contributed by atoms with Crippen LogP contribution < -0.4 is 4.74 Å². The molecule has 1 heterocycles. The van der Waals surface area contributed by atoms with E-state index in [0.717, 1.165) is 54.7 Å². The average molecular weight is 246 g/mol. The summed E-state index contributed by atoms with van der Waals surface area (Å²) in [6.07, 6.45) is 4.84. The smallest absolute Gasteiger partial charge is 0.163 e. The van der Waals surface area contributed by atoms with Crippen LogP contribution in [0.2, 0.25) is 0 Å². The minimum Gasteiger partial charge on any atom is -0.493 e. The van der Waals surface area contributed by atoms with Gasteiger partial charge in [0, 0.05) is 12.0 Å². The lowest BCUT2D eigenvalue weighted by Gasteiger charge is -2.16. The average Bonchev–Trinajstić information content (AvgIpc) is 2.60. The van der Waals surface area contributed by atoms with Crippen molar-refractivity contribution < 1.29 is 9.53 Å². The summed E-state index contributed by atoms with van der Waals surface area (Å²) in [7, 11) is 0. The summed E-state index contributed by atoms with van der Waals surface area (Å²) in [5.74, 6) is 1.29. The van der Waals surface area contributed by atoms with E-state index in [1.54, 1.807) is 0 Å². The minimum absolute atomic E-state index is 0.269. The van der Waals surface area contributed by atoms with Crippen LogP contribution in [0.1, 0.15) is 59.7 Å². The number of hydrogen-bond donors (Lipinski definition) is 0. The lowest BCUT2D eigenvalue weighted by molar-refractivity contribution is 0.0981. The Morgan fingerprint density at radius 2 is 2.11 bits per heavy atom. The molecule has 0 aromatic heterocycles. The molecule has 0 spiro atoms. The first kappa shape index (κ1) is 13.1. The monoisotopic (exact) mass is 246 g/mol. The Bertz CT molecular complexity index is 461. The Hall–Kier alpha value is -1.31. The molecule has 1 aliphatic heterocycles. The number of aryl methyl sites for hydroxylation is 1. The number of ketones is 1. The van der Waals surface area contributed by atoms with Gasteiger partial charge in [0.05, 0.1) is 6.61 Å². The fraction of sp³-hybridized carbons (Fsp3) is 0.562. The first-order valence-electron chi connectivity index (χ1n) is 6.94. The van der Waals surface area contributed by atoms with Gasteiger partial charge in [0.25, 0.3) is 0 Å². The zero-order valence-electron chi connectivity index (χ0n) is 11.6. The second kappa shape index (κ2) is 5.55. The molecule has 0 bridgehead atoms. The summed E-state index contributed by atoms with van der Waals surface area (Å²) < 4.78 is 5.84. The quantitative estimate of drug-likeness (QED) is 0.753. The highest BCUT2D eigenvalue weighted by molar-refractivity contribution is 5.98. The summed E-state index contributed by atoms with van der Waals surface area (Å²) in [6, 6.07) is 2.01. The van der Waals surface area contributed by atoms with Crippen molar-refractivity contribution in [1.82, 2.24) is 0 Å². The highest BCUT2D eigenvalue weighted by atomic mass is 16.5. The summed E-state index contributed by atoms with van der Waals surface area (Å²) in [4.78, 5) is 12.1. The number of carbonyl (C=O) groups excluding carboxylic acids is 1. The molecule has 1 aromatic rings. The molecule has 0 amide bonds. The maximum absolute atomic E-state index is 12.1. The predicted molar refractivity (Wildman–Crippen MR) is 73.6 cm³/mol. The maximum atomic E-state index is 12.1. The van der Waals surface area contributed by atoms with Crippen molar-refractivity contribution in [1.29, 1.82) is 0 Å². The highest BCUT2D eigenvalue weighted by Crippen LogP contribution is 2.33. The zero-order valence-corrected chi connectivity index (χ0v) is 11.6. The second-order valence-electron chi connectivity index (χ2n) is 5.15. The zero-order chi connectivity index (χ0) is 13.1. The molecule has 0 N–H and O–H groups in total. The third-order valence-corrected chi connectivity index (χ3v) is 3.69. The van der Waals surface area contributed by atoms with E-state index in [4.69, 9.17) is 4.74 Å². The summed E-state index contributed by atoms with van der Waals surface area (Å²) in [5, 5.41) is 0. The van der Waals surface area contributed by atoms with Crippen molar-refractivity contribution in [3.63, 3.8) is 0 Å². The third kappa shape index (κ3) is 2.43. The standard InChI is InChI=1S/C16H22O2/c1-4-7-15(17)14-10-11(2)16-13(12(14)3)8-5-6-9-18-16/h10H,4-9H2,1-3H3. The van der Waals surface area contributed by atoms with E-state index >= 15 is 0 Å². The number of ether oxygens (including phenoxy) is 1. The van der Waals surface area contributed by atoms with Crippen LogP contribution >= 0.6 is 0 Å². The number of carbonyl (C=O) groups is 1. The molecule has 0 saturated heterocycles. The first-order valence-corrected chi connectivity index (χ1v) is 6.94. The molecule has 0 fully saturated rings. The molecule has 0 saturated carbocycles. The van der Waals surface area contributed by atoms with E-state index in [9.17, 15) is 4.79 Å². The van der Waals surface area contributed by atoms with E-state index < -0.39 is 0 Å². The Labute approximate surface area is 109 Å². The van der Waals surface area contributed by atoms with E-state index in [2.05, 4.69) is 6.92 Å². The molecule has 0 unspecified atom stereocenters. The molecular weight excluding hydrogens is 224 g/mol. The SMILES string of the molecule is CCCC(=O)c1cc(C)c2c(c1C)CCCCO2. The van der Waals surface area contributed by atoms with Crippen molar-refractivity contribution in [2.45, 2.75) is 52.9 Å². The van der Waals surface area contributed by atoms with Gasteiger partial charge < -0.3 is 4.74 Å². The fourth-order valence-corrected chi connectivity index (χ4v) is 2.69. The normalized spacial score (nSPS) is 14.6. The van der Waals surface area contributed by atoms with Gasteiger partial charge in [-0.3, -0.25) is 4.79 Å². The molecule has 2 nitrogen and oxygen atoms in total. The largest absolute Gasteiger partial charge is 0.493 e. The number of benzene rings is 1. The molecule has 1 aromatic carbocycles. The Morgan fingerprint density at radius 3 is 2.83 bits per heavy atom. The molecule has 0 radical (unpaired) electrons. The Morgan fingerprint density at radius 1 is 1.33 bits per heavy atom. The van der Waals surface area contributed by atoms with Crippen molar-refractivity contribution in [2.75, 3.05) is 6.61 Å². The Kier molecular flexibility index (Phi) is 4.05. The van der Waals surface area contributed by atoms with Gasteiger partial charge in [-0.1, -0.05) is 6.92 Å². The van der Waals surface area contributed by atoms with Gasteiger partial charge in [0.15, 0.2) is 5.78 Å². The van der Waals surface area contributed by atoms with Crippen LogP contribution in [0.4, 0.5) is 0 Å². The summed E-state index contributed by atoms with van der Waals surface area (Å²) >= 11 is 0. The van der Waals surface area contributed by atoms with Gasteiger partial charge >= 0.3 is 0 Å². The number of rotatable bonds is 3. The Balaban J connectivity index is 2.48. The van der Waals surface area contributed by atoms with Gasteiger partial charge in [-0.05, 0) is 62.3 Å². The lowest BCUT2D eigenvalue weighted by atomic mass is 9.92. The van der Waals surface area contributed by atoms with Crippen molar-refractivity contribution in [2.24, 2.45) is 0 Å². The first-order chi connectivity index (χ1) is 8.65. The van der Waals surface area contributed by atoms with Crippen LogP contribution in [-0.4, -0.2) is 12.4 Å². The number of hydrogen-bond acceptors (Lipinski definition) is 2. The van der Waals surface area contributed by atoms with E-state index in [-0.39, 0.29) is 5.78 Å². The van der Waals surface area contributed by atoms with Crippen molar-refractivity contribution in [3.8, 4) is 5.75 Å². The van der Waals surface area contributed by atoms with Crippen LogP contribution in [-0.2, 0) is 6.42 Å². The van der Waals surface area contributed by atoms with Crippen LogP contribution in [0.3, 0.4) is 0 Å². The van der Waals surface area contributed by atoms with Crippen LogP contribution in [0.25, 0.3) is 0 Å². The topological polar surface area (TPSA) is 26.3 Å². The van der Waals surface area contributed by atoms with Gasteiger partial charge in [0.2, 0.25) is 0 Å². The third-order valence-electron chi connectivity index (χ3n) is 3.69. The van der Waals surface area contributed by atoms with Crippen molar-refractivity contribution in [3.05, 3.63) is 28.3 Å². The number of Topliss-reactive ketones (excluding diaryl/α,β-unsaturated/α-hetero) is 1. The molecule has 2 heteroatoms.